The Balaban J connectivity index is 3.12. The van der Waals surface area contributed by atoms with Crippen LogP contribution in [0.25, 0.3) is 6.08 Å². The van der Waals surface area contributed by atoms with Crippen LogP contribution < -0.4 is 0 Å². The number of hydrogen-bond donors (Lipinski definition) is 1. The minimum atomic E-state index is -0.111. The fourth-order valence-corrected chi connectivity index (χ4v) is 1.20. The zero-order valence-electron chi connectivity index (χ0n) is 8.40. The third-order valence-electron chi connectivity index (χ3n) is 1.99. The lowest BCUT2D eigenvalue weighted by Gasteiger charge is -2.02. The number of ketones is 1. The van der Waals surface area contributed by atoms with Gasteiger partial charge in [0.25, 0.3) is 0 Å². The number of phenolic OH excluding ortho intramolecular Hbond substituents is 1. The molecule has 0 aliphatic heterocycles. The van der Waals surface area contributed by atoms with Crippen molar-refractivity contribution in [3.05, 3.63) is 35.4 Å². The van der Waals surface area contributed by atoms with Crippen LogP contribution in [0.5, 0.6) is 5.75 Å². The van der Waals surface area contributed by atoms with Gasteiger partial charge in [-0.15, -0.1) is 0 Å². The second-order valence-corrected chi connectivity index (χ2v) is 3.02. The van der Waals surface area contributed by atoms with E-state index in [-0.39, 0.29) is 11.5 Å². The first-order valence-electron chi connectivity index (χ1n) is 4.61. The molecule has 0 aliphatic carbocycles. The van der Waals surface area contributed by atoms with Gasteiger partial charge in [0, 0.05) is 12.5 Å². The van der Waals surface area contributed by atoms with E-state index in [2.05, 4.69) is 0 Å². The van der Waals surface area contributed by atoms with E-state index >= 15 is 0 Å². The molecular formula is C12H11NO2. The Morgan fingerprint density at radius 1 is 1.60 bits per heavy atom. The number of hydrogen-bond acceptors (Lipinski definition) is 3. The van der Waals surface area contributed by atoms with Crippen molar-refractivity contribution in [3.8, 4) is 11.8 Å². The molecule has 1 aromatic rings. The maximum atomic E-state index is 11.4. The lowest BCUT2D eigenvalue weighted by atomic mass is 10.0. The van der Waals surface area contributed by atoms with Crippen LogP contribution in [0.4, 0.5) is 0 Å². The van der Waals surface area contributed by atoms with Gasteiger partial charge in [-0.25, -0.2) is 0 Å². The van der Waals surface area contributed by atoms with E-state index in [9.17, 15) is 9.90 Å². The number of Topliss-reactive ketones (excluding diaryl/α,β-unsaturated/α-hetero) is 1. The fraction of sp³-hybridized carbons (Fsp3) is 0.167. The number of phenols is 1. The van der Waals surface area contributed by atoms with E-state index in [4.69, 9.17) is 5.26 Å². The number of carbonyl (C=O) groups excluding carboxylic acids is 1. The molecule has 1 N–H and O–H groups in total. The highest BCUT2D eigenvalue weighted by molar-refractivity contribution is 5.98. The molecule has 15 heavy (non-hydrogen) atoms. The van der Waals surface area contributed by atoms with Gasteiger partial charge < -0.3 is 5.11 Å². The minimum Gasteiger partial charge on any atom is -0.507 e. The summed E-state index contributed by atoms with van der Waals surface area (Å²) in [4.78, 5) is 11.4. The smallest absolute Gasteiger partial charge is 0.166 e. The van der Waals surface area contributed by atoms with Crippen LogP contribution in [0.1, 0.15) is 29.3 Å². The second kappa shape index (κ2) is 4.97. The summed E-state index contributed by atoms with van der Waals surface area (Å²) in [6, 6.07) is 6.55. The number of nitrogens with zero attached hydrogens (tertiary/aromatic N) is 1. The Kier molecular flexibility index (Phi) is 3.64. The van der Waals surface area contributed by atoms with Gasteiger partial charge in [-0.3, -0.25) is 4.79 Å². The van der Waals surface area contributed by atoms with Crippen LogP contribution in [0.3, 0.4) is 0 Å². The molecule has 1 rings (SSSR count). The van der Waals surface area contributed by atoms with Crippen molar-refractivity contribution in [2.75, 3.05) is 0 Å². The van der Waals surface area contributed by atoms with Crippen LogP contribution in [0.2, 0.25) is 0 Å². The molecule has 0 saturated carbocycles. The van der Waals surface area contributed by atoms with E-state index in [0.29, 0.717) is 12.0 Å². The number of carbonyl (C=O) groups is 1. The molecule has 0 aromatic heterocycles. The van der Waals surface area contributed by atoms with Gasteiger partial charge in [-0.2, -0.15) is 5.26 Å². The van der Waals surface area contributed by atoms with Gasteiger partial charge in [0.05, 0.1) is 11.6 Å². The Hall–Kier alpha value is -2.08. The number of rotatable bonds is 3. The summed E-state index contributed by atoms with van der Waals surface area (Å²) in [5.74, 6) is -0.129. The molecular weight excluding hydrogens is 190 g/mol. The Morgan fingerprint density at radius 3 is 2.93 bits per heavy atom. The summed E-state index contributed by atoms with van der Waals surface area (Å²) in [5.41, 5.74) is 1.03. The topological polar surface area (TPSA) is 61.1 Å². The molecule has 0 spiro atoms. The molecule has 3 heteroatoms. The minimum absolute atomic E-state index is 0.0176. The van der Waals surface area contributed by atoms with E-state index in [1.165, 1.54) is 12.1 Å². The summed E-state index contributed by atoms with van der Waals surface area (Å²) in [5, 5.41) is 17.8. The summed E-state index contributed by atoms with van der Waals surface area (Å²) in [7, 11) is 0. The second-order valence-electron chi connectivity index (χ2n) is 3.02. The quantitative estimate of drug-likeness (QED) is 0.603. The number of nitriles is 1. The standard InChI is InChI=1S/C12H11NO2/c1-2-11(14)10-8-9(4-3-7-13)5-6-12(10)15/h3-6,8,15H,2H2,1H3. The van der Waals surface area contributed by atoms with Crippen LogP contribution in [-0.4, -0.2) is 10.9 Å². The average Bonchev–Trinajstić information content (AvgIpc) is 2.27. The van der Waals surface area contributed by atoms with Crippen LogP contribution in [0.15, 0.2) is 24.3 Å². The number of aromatic hydroxyl groups is 1. The van der Waals surface area contributed by atoms with E-state index in [1.807, 2.05) is 6.07 Å². The first-order chi connectivity index (χ1) is 7.19. The molecule has 0 atom stereocenters. The van der Waals surface area contributed by atoms with Crippen molar-refractivity contribution in [3.63, 3.8) is 0 Å². The lowest BCUT2D eigenvalue weighted by Crippen LogP contribution is -1.97. The summed E-state index contributed by atoms with van der Waals surface area (Å²) >= 11 is 0. The van der Waals surface area contributed by atoms with Crippen molar-refractivity contribution in [1.82, 2.24) is 0 Å². The average molecular weight is 201 g/mol. The third kappa shape index (κ3) is 2.68. The molecule has 0 saturated heterocycles. The van der Waals surface area contributed by atoms with Gasteiger partial charge in [0.1, 0.15) is 5.75 Å². The highest BCUT2D eigenvalue weighted by atomic mass is 16.3. The number of allylic oxidation sites excluding steroid dienone is 1. The van der Waals surface area contributed by atoms with E-state index < -0.39 is 0 Å². The zero-order valence-corrected chi connectivity index (χ0v) is 8.40. The van der Waals surface area contributed by atoms with Gasteiger partial charge in [-0.1, -0.05) is 13.0 Å². The van der Waals surface area contributed by atoms with Crippen LogP contribution in [0, 0.1) is 11.3 Å². The molecule has 0 fully saturated rings. The first-order valence-corrected chi connectivity index (χ1v) is 4.61. The SMILES string of the molecule is CCC(=O)c1cc(C=CC#N)ccc1O. The molecule has 1 aromatic carbocycles. The largest absolute Gasteiger partial charge is 0.507 e. The highest BCUT2D eigenvalue weighted by Crippen LogP contribution is 2.20. The van der Waals surface area contributed by atoms with Gasteiger partial charge in [0.15, 0.2) is 5.78 Å². The predicted molar refractivity (Wildman–Crippen MR) is 57.4 cm³/mol. The molecule has 0 radical (unpaired) electrons. The maximum Gasteiger partial charge on any atom is 0.166 e. The van der Waals surface area contributed by atoms with Crippen molar-refractivity contribution < 1.29 is 9.90 Å². The van der Waals surface area contributed by atoms with Gasteiger partial charge in [-0.05, 0) is 23.8 Å². The van der Waals surface area contributed by atoms with Crippen molar-refractivity contribution in [2.45, 2.75) is 13.3 Å². The van der Waals surface area contributed by atoms with Crippen LogP contribution >= 0.6 is 0 Å². The third-order valence-corrected chi connectivity index (χ3v) is 1.99. The fourth-order valence-electron chi connectivity index (χ4n) is 1.20. The normalized spacial score (nSPS) is 10.1. The van der Waals surface area contributed by atoms with Crippen molar-refractivity contribution in [1.29, 1.82) is 5.26 Å². The molecule has 3 nitrogen and oxygen atoms in total. The Morgan fingerprint density at radius 2 is 2.33 bits per heavy atom. The highest BCUT2D eigenvalue weighted by Gasteiger charge is 2.08. The molecule has 0 heterocycles. The summed E-state index contributed by atoms with van der Waals surface area (Å²) in [6.45, 7) is 1.74. The Labute approximate surface area is 88.3 Å². The molecule has 0 unspecified atom stereocenters. The molecule has 0 aliphatic rings. The molecule has 76 valence electrons. The predicted octanol–water partition coefficient (Wildman–Crippen LogP) is 2.52. The summed E-state index contributed by atoms with van der Waals surface area (Å²) < 4.78 is 0. The monoisotopic (exact) mass is 201 g/mol. The molecule has 0 amide bonds. The van der Waals surface area contributed by atoms with Crippen molar-refractivity contribution >= 4 is 11.9 Å². The van der Waals surface area contributed by atoms with E-state index in [1.54, 1.807) is 25.1 Å². The van der Waals surface area contributed by atoms with Gasteiger partial charge >= 0.3 is 0 Å². The Bertz CT molecular complexity index is 441. The van der Waals surface area contributed by atoms with Gasteiger partial charge in [0.2, 0.25) is 0 Å². The maximum absolute atomic E-state index is 11.4. The van der Waals surface area contributed by atoms with E-state index in [0.717, 1.165) is 5.56 Å². The molecule has 0 bridgehead atoms. The lowest BCUT2D eigenvalue weighted by molar-refractivity contribution is 0.0985. The number of benzene rings is 1. The zero-order chi connectivity index (χ0) is 11.3. The first kappa shape index (κ1) is 11.0. The van der Waals surface area contributed by atoms with Crippen LogP contribution in [-0.2, 0) is 0 Å². The summed E-state index contributed by atoms with van der Waals surface area (Å²) in [6.07, 6.45) is 3.26. The van der Waals surface area contributed by atoms with Crippen molar-refractivity contribution in [2.24, 2.45) is 0 Å².